The number of benzene rings is 2. The number of Topliss-reactive ketones (excluding diaryl/α,β-unsaturated/α-hetero) is 1. The molecule has 1 N–H and O–H groups in total. The number of carbonyl (C=O) groups is 2. The molecule has 0 heterocycles. The molecule has 0 fully saturated rings. The van der Waals surface area contributed by atoms with Crippen LogP contribution in [-0.2, 0) is 4.79 Å². The van der Waals surface area contributed by atoms with Crippen molar-refractivity contribution in [2.24, 2.45) is 0 Å². The lowest BCUT2D eigenvalue weighted by Crippen LogP contribution is -2.21. The Kier molecular flexibility index (Phi) is 8.80. The maximum Gasteiger partial charge on any atom is 0.296 e. The molecule has 0 saturated heterocycles. The number of ether oxygens (including phenoxy) is 3. The Bertz CT molecular complexity index is 943. The topological polar surface area (TPSA) is 117 Å². The molecule has 2 aromatic rings. The van der Waals surface area contributed by atoms with Crippen molar-refractivity contribution in [3.8, 4) is 17.2 Å². The van der Waals surface area contributed by atoms with E-state index in [0.29, 0.717) is 30.3 Å². The smallest absolute Gasteiger partial charge is 0.296 e. The van der Waals surface area contributed by atoms with Crippen molar-refractivity contribution in [2.45, 2.75) is 33.6 Å². The Morgan fingerprint density at radius 2 is 1.65 bits per heavy atom. The van der Waals surface area contributed by atoms with Crippen LogP contribution in [-0.4, -0.2) is 36.4 Å². The summed E-state index contributed by atoms with van der Waals surface area (Å²) in [6.45, 7) is 5.65. The van der Waals surface area contributed by atoms with Gasteiger partial charge >= 0.3 is 0 Å². The Balaban J connectivity index is 2.19. The summed E-state index contributed by atoms with van der Waals surface area (Å²) in [6, 6.07) is 9.04. The average Bonchev–Trinajstić information content (AvgIpc) is 2.75. The van der Waals surface area contributed by atoms with E-state index < -0.39 is 17.4 Å². The van der Waals surface area contributed by atoms with E-state index in [1.165, 1.54) is 25.1 Å². The van der Waals surface area contributed by atoms with Gasteiger partial charge in [-0.05, 0) is 31.9 Å². The van der Waals surface area contributed by atoms with Gasteiger partial charge < -0.3 is 19.5 Å². The van der Waals surface area contributed by atoms with Crippen molar-refractivity contribution >= 4 is 23.1 Å². The van der Waals surface area contributed by atoms with Gasteiger partial charge in [0.25, 0.3) is 11.6 Å². The van der Waals surface area contributed by atoms with Crippen molar-refractivity contribution in [1.82, 2.24) is 0 Å². The molecule has 0 aromatic heterocycles. The third-order valence-corrected chi connectivity index (χ3v) is 4.07. The molecule has 166 valence electrons. The lowest BCUT2D eigenvalue weighted by molar-refractivity contribution is -0.384. The average molecular weight is 430 g/mol. The third-order valence-electron chi connectivity index (χ3n) is 4.07. The van der Waals surface area contributed by atoms with E-state index in [9.17, 15) is 19.7 Å². The molecular formula is C22H26N2O7. The minimum Gasteiger partial charge on any atom is -0.490 e. The molecule has 1 amide bonds. The summed E-state index contributed by atoms with van der Waals surface area (Å²) in [4.78, 5) is 34.7. The first-order chi connectivity index (χ1) is 14.8. The van der Waals surface area contributed by atoms with E-state index in [-0.39, 0.29) is 22.9 Å². The number of carbonyl (C=O) groups excluding carboxylic acids is 2. The van der Waals surface area contributed by atoms with Crippen LogP contribution in [0.25, 0.3) is 0 Å². The van der Waals surface area contributed by atoms with E-state index in [4.69, 9.17) is 14.2 Å². The lowest BCUT2D eigenvalue weighted by Gasteiger charge is -2.15. The summed E-state index contributed by atoms with van der Waals surface area (Å²) in [7, 11) is 0. The van der Waals surface area contributed by atoms with Crippen LogP contribution in [0.4, 0.5) is 11.4 Å². The molecule has 0 spiro atoms. The molecule has 0 saturated carbocycles. The zero-order valence-electron chi connectivity index (χ0n) is 17.8. The van der Waals surface area contributed by atoms with E-state index in [0.717, 1.165) is 12.8 Å². The molecule has 0 radical (unpaired) electrons. The largest absolute Gasteiger partial charge is 0.490 e. The number of amides is 1. The molecule has 2 rings (SSSR count). The van der Waals surface area contributed by atoms with Gasteiger partial charge in [-0.3, -0.25) is 19.7 Å². The minimum absolute atomic E-state index is 0.0222. The van der Waals surface area contributed by atoms with Gasteiger partial charge in [0.2, 0.25) is 0 Å². The molecule has 0 aliphatic heterocycles. The van der Waals surface area contributed by atoms with Gasteiger partial charge in [0, 0.05) is 11.6 Å². The number of nitrogens with one attached hydrogen (secondary N) is 1. The number of nitro groups is 1. The number of ketones is 1. The van der Waals surface area contributed by atoms with Crippen LogP contribution in [0, 0.1) is 10.1 Å². The van der Waals surface area contributed by atoms with E-state index in [1.54, 1.807) is 18.2 Å². The summed E-state index contributed by atoms with van der Waals surface area (Å²) in [5.41, 5.74) is 0.113. The van der Waals surface area contributed by atoms with Gasteiger partial charge in [0.1, 0.15) is 11.4 Å². The van der Waals surface area contributed by atoms with Crippen LogP contribution in [0.15, 0.2) is 36.4 Å². The standard InChI is InChI=1S/C22H26N2O7/c1-4-9-29-20-12-18(19(24(27)28)13-21(20)30-10-5-2)23-22(26)14-31-17-8-6-7-16(11-17)15(3)25/h6-8,11-13H,4-5,9-10,14H2,1-3H3,(H,23,26). The van der Waals surface area contributed by atoms with Crippen LogP contribution in [0.1, 0.15) is 44.0 Å². The van der Waals surface area contributed by atoms with Crippen molar-refractivity contribution in [3.63, 3.8) is 0 Å². The van der Waals surface area contributed by atoms with Crippen LogP contribution >= 0.6 is 0 Å². The van der Waals surface area contributed by atoms with Gasteiger partial charge in [0.05, 0.1) is 24.2 Å². The highest BCUT2D eigenvalue weighted by atomic mass is 16.6. The van der Waals surface area contributed by atoms with Crippen molar-refractivity contribution in [2.75, 3.05) is 25.1 Å². The fraction of sp³-hybridized carbons (Fsp3) is 0.364. The summed E-state index contributed by atoms with van der Waals surface area (Å²) in [5.74, 6) is 0.173. The summed E-state index contributed by atoms with van der Waals surface area (Å²) in [6.07, 6.45) is 1.46. The molecule has 0 aliphatic carbocycles. The number of rotatable bonds is 12. The van der Waals surface area contributed by atoms with Crippen LogP contribution in [0.2, 0.25) is 0 Å². The Labute approximate surface area is 180 Å². The van der Waals surface area contributed by atoms with Crippen LogP contribution in [0.3, 0.4) is 0 Å². The van der Waals surface area contributed by atoms with Crippen molar-refractivity contribution in [1.29, 1.82) is 0 Å². The van der Waals surface area contributed by atoms with Gasteiger partial charge in [-0.2, -0.15) is 0 Å². The Morgan fingerprint density at radius 3 is 2.23 bits per heavy atom. The molecule has 9 heteroatoms. The second-order valence-electron chi connectivity index (χ2n) is 6.69. The van der Waals surface area contributed by atoms with Gasteiger partial charge in [0.15, 0.2) is 23.9 Å². The van der Waals surface area contributed by atoms with E-state index >= 15 is 0 Å². The molecule has 31 heavy (non-hydrogen) atoms. The third kappa shape index (κ3) is 6.98. The molecule has 9 nitrogen and oxygen atoms in total. The normalized spacial score (nSPS) is 10.3. The maximum absolute atomic E-state index is 12.4. The van der Waals surface area contributed by atoms with E-state index in [1.807, 2.05) is 13.8 Å². The fourth-order valence-electron chi connectivity index (χ4n) is 2.59. The lowest BCUT2D eigenvalue weighted by atomic mass is 10.1. The number of hydrogen-bond donors (Lipinski definition) is 1. The Morgan fingerprint density at radius 1 is 1.00 bits per heavy atom. The highest BCUT2D eigenvalue weighted by Crippen LogP contribution is 2.38. The van der Waals surface area contributed by atoms with Gasteiger partial charge in [-0.1, -0.05) is 26.0 Å². The fourth-order valence-corrected chi connectivity index (χ4v) is 2.59. The second-order valence-corrected chi connectivity index (χ2v) is 6.69. The van der Waals surface area contributed by atoms with Crippen LogP contribution in [0.5, 0.6) is 17.2 Å². The first-order valence-electron chi connectivity index (χ1n) is 9.97. The van der Waals surface area contributed by atoms with Gasteiger partial charge in [-0.15, -0.1) is 0 Å². The maximum atomic E-state index is 12.4. The summed E-state index contributed by atoms with van der Waals surface area (Å²) >= 11 is 0. The second kappa shape index (κ2) is 11.5. The SMILES string of the molecule is CCCOc1cc(NC(=O)COc2cccc(C(C)=O)c2)c([N+](=O)[O-])cc1OCCC. The number of nitro benzene ring substituents is 1. The van der Waals surface area contributed by atoms with Gasteiger partial charge in [-0.25, -0.2) is 0 Å². The zero-order chi connectivity index (χ0) is 22.8. The number of nitrogens with zero attached hydrogens (tertiary/aromatic N) is 1. The highest BCUT2D eigenvalue weighted by Gasteiger charge is 2.22. The predicted molar refractivity (Wildman–Crippen MR) is 115 cm³/mol. The summed E-state index contributed by atoms with van der Waals surface area (Å²) < 4.78 is 16.6. The van der Waals surface area contributed by atoms with E-state index in [2.05, 4.69) is 5.32 Å². The number of hydrogen-bond acceptors (Lipinski definition) is 7. The highest BCUT2D eigenvalue weighted by molar-refractivity contribution is 5.95. The first kappa shape index (κ1) is 23.7. The zero-order valence-corrected chi connectivity index (χ0v) is 17.8. The monoisotopic (exact) mass is 430 g/mol. The first-order valence-corrected chi connectivity index (χ1v) is 9.97. The minimum atomic E-state index is -0.602. The quantitative estimate of drug-likeness (QED) is 0.301. The number of anilines is 1. The molecule has 2 aromatic carbocycles. The molecule has 0 atom stereocenters. The van der Waals surface area contributed by atoms with Crippen molar-refractivity contribution < 1.29 is 28.7 Å². The molecular weight excluding hydrogens is 404 g/mol. The molecule has 0 aliphatic rings. The Hall–Kier alpha value is -3.62. The van der Waals surface area contributed by atoms with Crippen molar-refractivity contribution in [3.05, 3.63) is 52.1 Å². The van der Waals surface area contributed by atoms with Crippen LogP contribution < -0.4 is 19.5 Å². The predicted octanol–water partition coefficient (Wildman–Crippen LogP) is 4.39. The molecule has 0 unspecified atom stereocenters. The molecule has 0 bridgehead atoms. The summed E-state index contributed by atoms with van der Waals surface area (Å²) in [5, 5.41) is 14.0.